The molecule has 0 radical (unpaired) electrons. The van der Waals surface area contributed by atoms with Gasteiger partial charge in [0.1, 0.15) is 18.1 Å². The number of unbranched alkanes of at least 4 members (excludes halogenated alkanes) is 3. The zero-order valence-electron chi connectivity index (χ0n) is 20.0. The Hall–Kier alpha value is -2.05. The largest absolute Gasteiger partial charge is 0.481 e. The Morgan fingerprint density at radius 1 is 1.24 bits per heavy atom. The summed E-state index contributed by atoms with van der Waals surface area (Å²) in [6.07, 6.45) is 11.3. The van der Waals surface area contributed by atoms with E-state index in [-0.39, 0.29) is 35.6 Å². The van der Waals surface area contributed by atoms with Crippen molar-refractivity contribution < 1.29 is 28.5 Å². The first-order chi connectivity index (χ1) is 16.4. The first-order valence-electron chi connectivity index (χ1n) is 12.6. The van der Waals surface area contributed by atoms with Gasteiger partial charge in [0.25, 0.3) is 0 Å². The molecule has 0 spiro atoms. The van der Waals surface area contributed by atoms with E-state index in [1.165, 1.54) is 12.1 Å². The molecule has 1 aliphatic heterocycles. The molecule has 1 saturated carbocycles. The lowest BCUT2D eigenvalue weighted by atomic mass is 9.69. The van der Waals surface area contributed by atoms with Gasteiger partial charge in [-0.3, -0.25) is 4.79 Å². The van der Waals surface area contributed by atoms with Crippen molar-refractivity contribution in [3.63, 3.8) is 0 Å². The molecule has 6 heteroatoms. The van der Waals surface area contributed by atoms with Gasteiger partial charge in [-0.2, -0.15) is 0 Å². The fourth-order valence-electron chi connectivity index (χ4n) is 5.56. The molecule has 3 rings (SSSR count). The highest BCUT2D eigenvalue weighted by Crippen LogP contribution is 2.57. The Balaban J connectivity index is 1.74. The molecule has 4 nitrogen and oxygen atoms in total. The normalized spacial score (nSPS) is 28.2. The topological polar surface area (TPSA) is 66.8 Å². The number of ether oxygens (including phenoxy) is 1. The molecule has 6 atom stereocenters. The molecule has 34 heavy (non-hydrogen) atoms. The summed E-state index contributed by atoms with van der Waals surface area (Å²) in [4.78, 5) is 10.7. The lowest BCUT2D eigenvalue weighted by Crippen LogP contribution is -2.39. The van der Waals surface area contributed by atoms with Crippen LogP contribution in [0.25, 0.3) is 0 Å². The summed E-state index contributed by atoms with van der Waals surface area (Å²) < 4.78 is 34.1. The number of benzene rings is 1. The zero-order chi connectivity index (χ0) is 24.6. The van der Waals surface area contributed by atoms with Gasteiger partial charge in [-0.05, 0) is 55.7 Å². The van der Waals surface area contributed by atoms with Gasteiger partial charge in [0.05, 0.1) is 12.7 Å². The van der Waals surface area contributed by atoms with Crippen LogP contribution >= 0.6 is 0 Å². The number of hydrogen-bond donors (Lipinski definition) is 2. The average molecular weight is 477 g/mol. The molecule has 1 aromatic carbocycles. The predicted molar refractivity (Wildman–Crippen MR) is 129 cm³/mol. The van der Waals surface area contributed by atoms with E-state index < -0.39 is 18.2 Å². The second-order valence-electron chi connectivity index (χ2n) is 9.78. The molecule has 2 bridgehead atoms. The number of alkyl halides is 1. The van der Waals surface area contributed by atoms with Crippen LogP contribution in [-0.4, -0.2) is 41.2 Å². The van der Waals surface area contributed by atoms with E-state index in [1.54, 1.807) is 6.08 Å². The van der Waals surface area contributed by atoms with Crippen molar-refractivity contribution >= 4 is 5.97 Å². The Morgan fingerprint density at radius 3 is 2.71 bits per heavy atom. The van der Waals surface area contributed by atoms with Crippen molar-refractivity contribution in [3.8, 4) is 0 Å². The van der Waals surface area contributed by atoms with E-state index in [0.29, 0.717) is 25.9 Å². The third kappa shape index (κ3) is 6.54. The number of rotatable bonds is 14. The second-order valence-corrected chi connectivity index (χ2v) is 9.78. The van der Waals surface area contributed by atoms with Crippen LogP contribution in [-0.2, 0) is 14.9 Å². The van der Waals surface area contributed by atoms with E-state index in [1.807, 2.05) is 24.3 Å². The number of hydrogen-bond acceptors (Lipinski definition) is 3. The van der Waals surface area contributed by atoms with Gasteiger partial charge < -0.3 is 14.9 Å². The predicted octanol–water partition coefficient (Wildman–Crippen LogP) is 6.14. The minimum Gasteiger partial charge on any atom is -0.481 e. The number of fused-ring (bicyclic) bond motifs is 2. The standard InChI is InChI=1S/C28H38F2O4/c1-2-3-6-10-24(30)25(31)17-16-22-23(9-7-4-5-8-11-27(32)33)28(18-26(22)34-19-28)20-12-14-21(29)15-13-20/h4,7,12-17,22-26,31H,2-3,5-6,8-11,18-19H2,1H3,(H,32,33)/b7-4-,17-16+/t22-,23-,24?,25-,26-,28-/m0/s1. The van der Waals surface area contributed by atoms with Gasteiger partial charge in [-0.25, -0.2) is 8.78 Å². The van der Waals surface area contributed by atoms with Gasteiger partial charge in [0.15, 0.2) is 0 Å². The van der Waals surface area contributed by atoms with Gasteiger partial charge in [-0.15, -0.1) is 0 Å². The van der Waals surface area contributed by atoms with Crippen LogP contribution in [0.3, 0.4) is 0 Å². The molecule has 1 unspecified atom stereocenters. The number of aliphatic hydroxyl groups is 1. The van der Waals surface area contributed by atoms with Crippen LogP contribution in [0.5, 0.6) is 0 Å². The second kappa shape index (κ2) is 12.6. The summed E-state index contributed by atoms with van der Waals surface area (Å²) in [5.74, 6) is -0.896. The fourth-order valence-corrected chi connectivity index (χ4v) is 5.56. The molecule has 188 valence electrons. The molecule has 1 heterocycles. The van der Waals surface area contributed by atoms with Gasteiger partial charge >= 0.3 is 5.97 Å². The minimum atomic E-state index is -1.28. The third-order valence-corrected chi connectivity index (χ3v) is 7.45. The number of carboxylic acids is 1. The Morgan fingerprint density at radius 2 is 2.00 bits per heavy atom. The van der Waals surface area contributed by atoms with Crippen molar-refractivity contribution in [2.45, 2.75) is 88.5 Å². The Labute approximate surface area is 201 Å². The van der Waals surface area contributed by atoms with E-state index in [9.17, 15) is 18.7 Å². The lowest BCUT2D eigenvalue weighted by Gasteiger charge is -2.38. The minimum absolute atomic E-state index is 0.0139. The lowest BCUT2D eigenvalue weighted by molar-refractivity contribution is -0.137. The van der Waals surface area contributed by atoms with E-state index >= 15 is 0 Å². The molecule has 0 amide bonds. The number of halogens is 2. The maximum Gasteiger partial charge on any atom is 0.303 e. The highest BCUT2D eigenvalue weighted by molar-refractivity contribution is 5.66. The van der Waals surface area contributed by atoms with E-state index in [4.69, 9.17) is 9.84 Å². The van der Waals surface area contributed by atoms with E-state index in [0.717, 1.165) is 37.7 Å². The van der Waals surface area contributed by atoms with Crippen molar-refractivity contribution in [3.05, 3.63) is 60.0 Å². The van der Waals surface area contributed by atoms with Crippen molar-refractivity contribution in [2.75, 3.05) is 6.61 Å². The molecule has 2 N–H and O–H groups in total. The summed E-state index contributed by atoms with van der Waals surface area (Å²) in [6.45, 7) is 2.62. The molecule has 2 aliphatic rings. The summed E-state index contributed by atoms with van der Waals surface area (Å²) >= 11 is 0. The summed E-state index contributed by atoms with van der Waals surface area (Å²) in [5, 5.41) is 19.2. The molecule has 0 aromatic heterocycles. The quantitative estimate of drug-likeness (QED) is 0.250. The molecule has 1 aromatic rings. The number of allylic oxidation sites excluding steroid dienone is 2. The molecule has 1 aliphatic carbocycles. The molecular formula is C28H38F2O4. The SMILES string of the molecule is CCCCCC(F)[C@@H](O)/C=C/[C@@H]1[C@@H]2C[C@@](c3ccc(F)cc3)(CO2)[C@H]1C/C=C\CCCC(=O)O. The Kier molecular flexibility index (Phi) is 9.84. The number of carboxylic acid groups (broad SMARTS) is 1. The van der Waals surface area contributed by atoms with E-state index in [2.05, 4.69) is 13.0 Å². The maximum atomic E-state index is 14.4. The zero-order valence-corrected chi connectivity index (χ0v) is 20.0. The first kappa shape index (κ1) is 26.6. The summed E-state index contributed by atoms with van der Waals surface area (Å²) in [5.41, 5.74) is 0.778. The van der Waals surface area contributed by atoms with Crippen LogP contribution in [0.4, 0.5) is 8.78 Å². The third-order valence-electron chi connectivity index (χ3n) is 7.45. The van der Waals surface area contributed by atoms with Gasteiger partial charge in [-0.1, -0.05) is 62.6 Å². The highest BCUT2D eigenvalue weighted by Gasteiger charge is 2.58. The fraction of sp³-hybridized carbons (Fsp3) is 0.607. The molecular weight excluding hydrogens is 438 g/mol. The van der Waals surface area contributed by atoms with Crippen molar-refractivity contribution in [2.24, 2.45) is 11.8 Å². The van der Waals surface area contributed by atoms with Gasteiger partial charge in [0, 0.05) is 17.8 Å². The van der Waals surface area contributed by atoms with Crippen LogP contribution in [0, 0.1) is 17.7 Å². The average Bonchev–Trinajstić information content (AvgIpc) is 3.38. The van der Waals surface area contributed by atoms with Crippen LogP contribution in [0.2, 0.25) is 0 Å². The van der Waals surface area contributed by atoms with Crippen LogP contribution in [0.1, 0.15) is 70.3 Å². The number of aliphatic hydroxyl groups excluding tert-OH is 1. The smallest absolute Gasteiger partial charge is 0.303 e. The van der Waals surface area contributed by atoms with Gasteiger partial charge in [0.2, 0.25) is 0 Å². The summed E-state index contributed by atoms with van der Waals surface area (Å²) in [6, 6.07) is 6.62. The van der Waals surface area contributed by atoms with Crippen molar-refractivity contribution in [1.29, 1.82) is 0 Å². The molecule has 2 fully saturated rings. The highest BCUT2D eigenvalue weighted by atomic mass is 19.1. The first-order valence-corrected chi connectivity index (χ1v) is 12.6. The van der Waals surface area contributed by atoms with Crippen LogP contribution in [0.15, 0.2) is 48.6 Å². The molecule has 1 saturated heterocycles. The van der Waals surface area contributed by atoms with Crippen LogP contribution < -0.4 is 0 Å². The number of carbonyl (C=O) groups is 1. The summed E-state index contributed by atoms with van der Waals surface area (Å²) in [7, 11) is 0. The van der Waals surface area contributed by atoms with Crippen molar-refractivity contribution in [1.82, 2.24) is 0 Å². The maximum absolute atomic E-state index is 14.4. The Bertz CT molecular complexity index is 837. The monoisotopic (exact) mass is 476 g/mol. The number of aliphatic carboxylic acids is 1.